The molecule has 1 saturated carbocycles. The number of amides is 1. The van der Waals surface area contributed by atoms with Crippen molar-refractivity contribution >= 4 is 27.3 Å². The van der Waals surface area contributed by atoms with Gasteiger partial charge in [0.1, 0.15) is 10.9 Å². The van der Waals surface area contributed by atoms with Crippen molar-refractivity contribution in [1.82, 2.24) is 14.9 Å². The molecule has 164 valence electrons. The summed E-state index contributed by atoms with van der Waals surface area (Å²) in [4.78, 5) is 35.3. The van der Waals surface area contributed by atoms with Crippen LogP contribution in [0.4, 0.5) is 5.82 Å². The number of sulfone groups is 1. The summed E-state index contributed by atoms with van der Waals surface area (Å²) in [6, 6.07) is -0.500. The number of nitrogens with one attached hydrogen (secondary N) is 1. The number of hydrogen-bond acceptors (Lipinski definition) is 7. The number of ketones is 1. The Morgan fingerprint density at radius 3 is 2.68 bits per heavy atom. The third-order valence-corrected chi connectivity index (χ3v) is 7.26. The molecule has 0 unspecified atom stereocenters. The lowest BCUT2D eigenvalue weighted by Gasteiger charge is -2.31. The molecule has 2 heterocycles. The number of fused-ring (bicyclic) bond motifs is 1. The zero-order chi connectivity index (χ0) is 22.0. The average molecular weight is 443 g/mol. The zero-order valence-electron chi connectivity index (χ0n) is 17.5. The van der Waals surface area contributed by atoms with Gasteiger partial charge in [-0.2, -0.15) is 0 Å². The number of rotatable bonds is 6. The summed E-state index contributed by atoms with van der Waals surface area (Å²) in [5, 5.41) is 2.84. The third kappa shape index (κ3) is 4.76. The Bertz CT molecular complexity index is 1070. The second-order valence-electron chi connectivity index (χ2n) is 8.37. The number of aromatic nitrogens is 2. The molecule has 0 radical (unpaired) electrons. The Morgan fingerprint density at radius 1 is 1.23 bits per heavy atom. The molecule has 0 bridgehead atoms. The summed E-state index contributed by atoms with van der Waals surface area (Å²) in [5.74, 6) is 0.0761. The van der Waals surface area contributed by atoms with Gasteiger partial charge in [-0.15, -0.1) is 0 Å². The number of hydrogen-bond donors (Lipinski definition) is 1. The number of allylic oxidation sites excluding steroid dienone is 3. The second kappa shape index (κ2) is 8.74. The summed E-state index contributed by atoms with van der Waals surface area (Å²) < 4.78 is 24.5. The maximum Gasteiger partial charge on any atom is 0.248 e. The molecule has 0 spiro atoms. The lowest BCUT2D eigenvalue weighted by molar-refractivity contribution is -0.121. The van der Waals surface area contributed by atoms with Crippen LogP contribution < -0.4 is 5.32 Å². The van der Waals surface area contributed by atoms with Gasteiger partial charge in [-0.25, -0.2) is 13.4 Å². The molecule has 1 amide bonds. The molecular weight excluding hydrogens is 416 g/mol. The van der Waals surface area contributed by atoms with E-state index in [1.807, 2.05) is 4.90 Å². The van der Waals surface area contributed by atoms with Gasteiger partial charge in [-0.3, -0.25) is 14.6 Å². The van der Waals surface area contributed by atoms with Crippen molar-refractivity contribution in [3.63, 3.8) is 0 Å². The Balaban J connectivity index is 1.63. The minimum Gasteiger partial charge on any atom is -0.361 e. The molecule has 1 N–H and O–H groups in total. The molecule has 31 heavy (non-hydrogen) atoms. The van der Waals surface area contributed by atoms with Crippen LogP contribution in [0.25, 0.3) is 0 Å². The van der Waals surface area contributed by atoms with Crippen molar-refractivity contribution in [3.8, 4) is 0 Å². The first-order chi connectivity index (χ1) is 14.8. The molecule has 1 aromatic heterocycles. The van der Waals surface area contributed by atoms with Crippen LogP contribution in [0.5, 0.6) is 0 Å². The average Bonchev–Trinajstić information content (AvgIpc) is 3.15. The van der Waals surface area contributed by atoms with Gasteiger partial charge in [0.15, 0.2) is 21.4 Å². The van der Waals surface area contributed by atoms with Gasteiger partial charge < -0.3 is 10.2 Å². The minimum atomic E-state index is -3.68. The number of carbonyl (C=O) groups excluding carboxylic acids is 2. The minimum absolute atomic E-state index is 0.172. The van der Waals surface area contributed by atoms with Gasteiger partial charge in [-0.1, -0.05) is 32.1 Å². The van der Waals surface area contributed by atoms with Crippen LogP contribution >= 0.6 is 0 Å². The zero-order valence-corrected chi connectivity index (χ0v) is 18.3. The molecule has 3 aliphatic rings. The largest absolute Gasteiger partial charge is 0.361 e. The van der Waals surface area contributed by atoms with Crippen LogP contribution in [0.1, 0.15) is 38.5 Å². The maximum absolute atomic E-state index is 13.3. The Hall–Kier alpha value is -2.81. The first-order valence-electron chi connectivity index (χ1n) is 10.5. The van der Waals surface area contributed by atoms with Gasteiger partial charge in [0, 0.05) is 37.0 Å². The SMILES string of the molecule is CS(=O)(=O)C1=C2CN([C@@H](CC3CCCCC3)C(=O)Nc3cnccn3)C=C2C=CC1=O. The van der Waals surface area contributed by atoms with Gasteiger partial charge in [0.25, 0.3) is 0 Å². The lowest BCUT2D eigenvalue weighted by atomic mass is 9.84. The molecule has 0 saturated heterocycles. The van der Waals surface area contributed by atoms with Crippen LogP contribution in [0.3, 0.4) is 0 Å². The van der Waals surface area contributed by atoms with Crippen LogP contribution in [0.15, 0.2) is 53.0 Å². The normalized spacial score (nSPS) is 20.5. The fourth-order valence-corrected chi connectivity index (χ4v) is 5.69. The smallest absolute Gasteiger partial charge is 0.248 e. The maximum atomic E-state index is 13.3. The molecule has 0 aromatic carbocycles. The highest BCUT2D eigenvalue weighted by molar-refractivity contribution is 7.95. The summed E-state index contributed by atoms with van der Waals surface area (Å²) >= 11 is 0. The van der Waals surface area contributed by atoms with E-state index in [2.05, 4.69) is 15.3 Å². The quantitative estimate of drug-likeness (QED) is 0.720. The molecule has 1 atom stereocenters. The first kappa shape index (κ1) is 21.4. The molecular formula is C22H26N4O4S. The van der Waals surface area contributed by atoms with Crippen molar-refractivity contribution in [3.05, 3.63) is 53.0 Å². The Labute approximate surface area is 182 Å². The van der Waals surface area contributed by atoms with E-state index in [4.69, 9.17) is 0 Å². The molecule has 2 aliphatic carbocycles. The highest BCUT2D eigenvalue weighted by Gasteiger charge is 2.36. The van der Waals surface area contributed by atoms with Crippen molar-refractivity contribution in [1.29, 1.82) is 0 Å². The highest BCUT2D eigenvalue weighted by Crippen LogP contribution is 2.35. The number of anilines is 1. The lowest BCUT2D eigenvalue weighted by Crippen LogP contribution is -2.42. The van der Waals surface area contributed by atoms with E-state index in [-0.39, 0.29) is 17.4 Å². The molecule has 1 aromatic rings. The van der Waals surface area contributed by atoms with Crippen molar-refractivity contribution < 1.29 is 18.0 Å². The standard InChI is InChI=1S/C22H26N4O4S/c1-31(29,30)21-17-14-26(13-16(17)7-8-19(21)27)18(11-15-5-3-2-4-6-15)22(28)25-20-12-23-9-10-24-20/h7-10,12-13,15,18H,2-6,11,14H2,1H3,(H,24,25,28)/t18-/m0/s1. The van der Waals surface area contributed by atoms with Crippen LogP contribution in [-0.2, 0) is 19.4 Å². The fraction of sp³-hybridized carbons (Fsp3) is 0.455. The third-order valence-electron chi connectivity index (χ3n) is 6.08. The van der Waals surface area contributed by atoms with Gasteiger partial charge in [0.05, 0.1) is 6.20 Å². The second-order valence-corrected chi connectivity index (χ2v) is 10.3. The van der Waals surface area contributed by atoms with Gasteiger partial charge >= 0.3 is 0 Å². The van der Waals surface area contributed by atoms with Crippen LogP contribution in [-0.4, -0.2) is 53.8 Å². The van der Waals surface area contributed by atoms with Crippen molar-refractivity contribution in [2.75, 3.05) is 18.1 Å². The predicted octanol–water partition coefficient (Wildman–Crippen LogP) is 2.39. The summed E-state index contributed by atoms with van der Waals surface area (Å²) in [6.07, 6.45) is 16.7. The van der Waals surface area contributed by atoms with Crippen molar-refractivity contribution in [2.24, 2.45) is 5.92 Å². The fourth-order valence-electron chi connectivity index (χ4n) is 4.62. The molecule has 9 heteroatoms. The molecule has 8 nitrogen and oxygen atoms in total. The molecule has 4 rings (SSSR count). The summed E-state index contributed by atoms with van der Waals surface area (Å²) in [7, 11) is -3.68. The van der Waals surface area contributed by atoms with Crippen LogP contribution in [0.2, 0.25) is 0 Å². The first-order valence-corrected chi connectivity index (χ1v) is 12.4. The number of carbonyl (C=O) groups is 2. The predicted molar refractivity (Wildman–Crippen MR) is 116 cm³/mol. The Kier molecular flexibility index (Phi) is 6.04. The monoisotopic (exact) mass is 442 g/mol. The van der Waals surface area contributed by atoms with E-state index in [1.54, 1.807) is 12.3 Å². The summed E-state index contributed by atoms with van der Waals surface area (Å²) in [5.41, 5.74) is 1.14. The molecule has 1 aliphatic heterocycles. The van der Waals surface area contributed by atoms with Gasteiger partial charge in [0.2, 0.25) is 5.91 Å². The van der Waals surface area contributed by atoms with E-state index in [0.29, 0.717) is 29.3 Å². The van der Waals surface area contributed by atoms with Crippen molar-refractivity contribution in [2.45, 2.75) is 44.6 Å². The van der Waals surface area contributed by atoms with Crippen LogP contribution in [0, 0.1) is 5.92 Å². The topological polar surface area (TPSA) is 109 Å². The molecule has 1 fully saturated rings. The van der Waals surface area contributed by atoms with E-state index in [0.717, 1.165) is 31.9 Å². The van der Waals surface area contributed by atoms with E-state index < -0.39 is 21.7 Å². The van der Waals surface area contributed by atoms with Gasteiger partial charge in [-0.05, 0) is 30.1 Å². The summed E-state index contributed by atoms with van der Waals surface area (Å²) in [6.45, 7) is 0.207. The van der Waals surface area contributed by atoms with E-state index in [1.165, 1.54) is 31.1 Å². The van der Waals surface area contributed by atoms with E-state index >= 15 is 0 Å². The number of nitrogens with zero attached hydrogens (tertiary/aromatic N) is 3. The Morgan fingerprint density at radius 2 is 2.00 bits per heavy atom. The van der Waals surface area contributed by atoms with E-state index in [9.17, 15) is 18.0 Å². The highest BCUT2D eigenvalue weighted by atomic mass is 32.2.